The Kier molecular flexibility index (Phi) is 4.10. The molecule has 0 saturated carbocycles. The molecule has 2 nitrogen and oxygen atoms in total. The first-order valence-electron chi connectivity index (χ1n) is 5.23. The quantitative estimate of drug-likeness (QED) is 0.750. The van der Waals surface area contributed by atoms with Crippen LogP contribution in [0.2, 0.25) is 0 Å². The third-order valence-corrected chi connectivity index (χ3v) is 2.26. The third kappa shape index (κ3) is 3.24. The van der Waals surface area contributed by atoms with Crippen LogP contribution in [0.15, 0.2) is 52.8 Å². The van der Waals surface area contributed by atoms with Gasteiger partial charge in [0.2, 0.25) is 0 Å². The lowest BCUT2D eigenvalue weighted by Gasteiger charge is -2.07. The molecule has 2 heteroatoms. The van der Waals surface area contributed by atoms with Crippen molar-refractivity contribution in [3.05, 3.63) is 47.9 Å². The summed E-state index contributed by atoms with van der Waals surface area (Å²) in [4.78, 5) is 4.47. The Hall–Kier alpha value is -1.57. The zero-order valence-electron chi connectivity index (χ0n) is 9.46. The van der Waals surface area contributed by atoms with E-state index in [4.69, 9.17) is 5.73 Å². The molecule has 0 atom stereocenters. The van der Waals surface area contributed by atoms with E-state index in [0.717, 1.165) is 35.5 Å². The van der Waals surface area contributed by atoms with Gasteiger partial charge in [-0.15, -0.1) is 0 Å². The summed E-state index contributed by atoms with van der Waals surface area (Å²) >= 11 is 0. The van der Waals surface area contributed by atoms with Crippen molar-refractivity contribution in [2.75, 3.05) is 0 Å². The zero-order chi connectivity index (χ0) is 11.3. The normalized spacial score (nSPS) is 19.6. The van der Waals surface area contributed by atoms with Gasteiger partial charge in [0, 0.05) is 5.70 Å². The van der Waals surface area contributed by atoms with E-state index in [-0.39, 0.29) is 0 Å². The summed E-state index contributed by atoms with van der Waals surface area (Å²) in [6.45, 7) is 7.97. The van der Waals surface area contributed by atoms with E-state index in [2.05, 4.69) is 18.5 Å². The molecule has 15 heavy (non-hydrogen) atoms. The minimum absolute atomic E-state index is 0.862. The summed E-state index contributed by atoms with van der Waals surface area (Å²) in [5.41, 5.74) is 9.48. The summed E-state index contributed by atoms with van der Waals surface area (Å²) in [6.07, 6.45) is 9.75. The zero-order valence-corrected chi connectivity index (χ0v) is 9.46. The molecule has 0 aromatic rings. The number of nitrogens with two attached hydrogens (primary N) is 1. The van der Waals surface area contributed by atoms with Crippen LogP contribution in [-0.2, 0) is 0 Å². The average molecular weight is 202 g/mol. The monoisotopic (exact) mass is 202 g/mol. The topological polar surface area (TPSA) is 38.4 Å². The van der Waals surface area contributed by atoms with Crippen LogP contribution in [-0.4, -0.2) is 5.71 Å². The van der Waals surface area contributed by atoms with Crippen molar-refractivity contribution in [1.82, 2.24) is 0 Å². The van der Waals surface area contributed by atoms with E-state index in [1.165, 1.54) is 0 Å². The fourth-order valence-electron chi connectivity index (χ4n) is 1.32. The molecule has 1 aliphatic carbocycles. The Balaban J connectivity index is 2.87. The number of rotatable bonds is 3. The largest absolute Gasteiger partial charge is 0.401 e. The van der Waals surface area contributed by atoms with E-state index >= 15 is 0 Å². The van der Waals surface area contributed by atoms with Crippen LogP contribution in [0, 0.1) is 0 Å². The van der Waals surface area contributed by atoms with Gasteiger partial charge in [0.05, 0.1) is 11.4 Å². The smallest absolute Gasteiger partial charge is 0.0699 e. The van der Waals surface area contributed by atoms with Crippen LogP contribution in [0.1, 0.15) is 26.7 Å². The Morgan fingerprint density at radius 3 is 2.67 bits per heavy atom. The highest BCUT2D eigenvalue weighted by Gasteiger charge is 2.02. The molecule has 0 heterocycles. The van der Waals surface area contributed by atoms with E-state index in [0.29, 0.717) is 0 Å². The third-order valence-electron chi connectivity index (χ3n) is 2.26. The SMILES string of the molecule is C=C1C=CC=C/C1=N/C(C)=C(\N)CCC. The van der Waals surface area contributed by atoms with Crippen LogP contribution >= 0.6 is 0 Å². The van der Waals surface area contributed by atoms with Gasteiger partial charge in [-0.25, -0.2) is 0 Å². The fourth-order valence-corrected chi connectivity index (χ4v) is 1.32. The molecule has 0 radical (unpaired) electrons. The highest BCUT2D eigenvalue weighted by molar-refractivity contribution is 6.11. The van der Waals surface area contributed by atoms with Crippen LogP contribution in [0.3, 0.4) is 0 Å². The molecule has 0 unspecified atom stereocenters. The van der Waals surface area contributed by atoms with Crippen molar-refractivity contribution in [3.8, 4) is 0 Å². The van der Waals surface area contributed by atoms with E-state index in [1.807, 2.05) is 31.2 Å². The van der Waals surface area contributed by atoms with Crippen LogP contribution in [0.5, 0.6) is 0 Å². The second-order valence-corrected chi connectivity index (χ2v) is 3.60. The first-order chi connectivity index (χ1) is 7.15. The van der Waals surface area contributed by atoms with Gasteiger partial charge in [-0.05, 0) is 25.0 Å². The highest BCUT2D eigenvalue weighted by atomic mass is 14.8. The molecular weight excluding hydrogens is 184 g/mol. The molecule has 2 N–H and O–H groups in total. The molecule has 80 valence electrons. The summed E-state index contributed by atoms with van der Waals surface area (Å²) in [5, 5.41) is 0. The van der Waals surface area contributed by atoms with Crippen LogP contribution < -0.4 is 5.73 Å². The Morgan fingerprint density at radius 2 is 2.07 bits per heavy atom. The minimum Gasteiger partial charge on any atom is -0.401 e. The second-order valence-electron chi connectivity index (χ2n) is 3.60. The average Bonchev–Trinajstić information content (AvgIpc) is 2.21. The fraction of sp³-hybridized carbons (Fsp3) is 0.308. The molecule has 0 amide bonds. The van der Waals surface area contributed by atoms with Crippen molar-refractivity contribution >= 4 is 5.71 Å². The first kappa shape index (κ1) is 11.5. The number of aliphatic imine (C=N–C) groups is 1. The first-order valence-corrected chi connectivity index (χ1v) is 5.23. The lowest BCUT2D eigenvalue weighted by Crippen LogP contribution is -2.03. The van der Waals surface area contributed by atoms with Gasteiger partial charge in [-0.1, -0.05) is 38.2 Å². The number of nitrogens with zero attached hydrogens (tertiary/aromatic N) is 1. The molecule has 0 aromatic carbocycles. The van der Waals surface area contributed by atoms with Crippen molar-refractivity contribution in [3.63, 3.8) is 0 Å². The minimum atomic E-state index is 0.862. The summed E-state index contributed by atoms with van der Waals surface area (Å²) in [6, 6.07) is 0. The Bertz CT molecular complexity index is 368. The number of hydrogen-bond acceptors (Lipinski definition) is 2. The van der Waals surface area contributed by atoms with Crippen LogP contribution in [0.25, 0.3) is 0 Å². The number of allylic oxidation sites excluding steroid dienone is 7. The maximum Gasteiger partial charge on any atom is 0.0699 e. The molecule has 0 aliphatic heterocycles. The van der Waals surface area contributed by atoms with Gasteiger partial charge in [0.25, 0.3) is 0 Å². The van der Waals surface area contributed by atoms with Crippen LogP contribution in [0.4, 0.5) is 0 Å². The maximum absolute atomic E-state index is 5.89. The summed E-state index contributed by atoms with van der Waals surface area (Å²) < 4.78 is 0. The lowest BCUT2D eigenvalue weighted by molar-refractivity contribution is 0.873. The van der Waals surface area contributed by atoms with Crippen molar-refractivity contribution in [2.24, 2.45) is 10.7 Å². The van der Waals surface area contributed by atoms with Gasteiger partial charge < -0.3 is 5.73 Å². The molecule has 0 saturated heterocycles. The predicted molar refractivity (Wildman–Crippen MR) is 66.7 cm³/mol. The van der Waals surface area contributed by atoms with Crippen molar-refractivity contribution in [2.45, 2.75) is 26.7 Å². The van der Waals surface area contributed by atoms with Gasteiger partial charge in [0.15, 0.2) is 0 Å². The van der Waals surface area contributed by atoms with Gasteiger partial charge in [-0.2, -0.15) is 0 Å². The summed E-state index contributed by atoms with van der Waals surface area (Å²) in [5.74, 6) is 0. The predicted octanol–water partition coefficient (Wildman–Crippen LogP) is 3.10. The highest BCUT2D eigenvalue weighted by Crippen LogP contribution is 2.12. The van der Waals surface area contributed by atoms with E-state index in [9.17, 15) is 0 Å². The Labute approximate surface area is 91.6 Å². The second kappa shape index (κ2) is 5.35. The molecule has 0 fully saturated rings. The lowest BCUT2D eigenvalue weighted by atomic mass is 10.1. The van der Waals surface area contributed by atoms with Crippen molar-refractivity contribution < 1.29 is 0 Å². The van der Waals surface area contributed by atoms with Gasteiger partial charge in [0.1, 0.15) is 0 Å². The van der Waals surface area contributed by atoms with Crippen molar-refractivity contribution in [1.29, 1.82) is 0 Å². The molecule has 1 rings (SSSR count). The Morgan fingerprint density at radius 1 is 1.40 bits per heavy atom. The molecule has 1 aliphatic rings. The molecule has 0 spiro atoms. The molecular formula is C13H18N2. The van der Waals surface area contributed by atoms with Gasteiger partial charge >= 0.3 is 0 Å². The van der Waals surface area contributed by atoms with Gasteiger partial charge in [-0.3, -0.25) is 4.99 Å². The molecule has 0 aromatic heterocycles. The molecule has 0 bridgehead atoms. The maximum atomic E-state index is 5.89. The van der Waals surface area contributed by atoms with E-state index < -0.39 is 0 Å². The standard InChI is InChI=1S/C13H18N2/c1-4-7-12(14)11(3)15-13-9-6-5-8-10(13)2/h5-6,8-9H,2,4,7,14H2,1,3H3/b12-11-,15-13-. The number of hydrogen-bond donors (Lipinski definition) is 1. The summed E-state index contributed by atoms with van der Waals surface area (Å²) in [7, 11) is 0. The van der Waals surface area contributed by atoms with E-state index in [1.54, 1.807) is 0 Å².